The van der Waals surface area contributed by atoms with E-state index in [4.69, 9.17) is 4.74 Å². The van der Waals surface area contributed by atoms with Crippen LogP contribution in [-0.4, -0.2) is 16.4 Å². The Morgan fingerprint density at radius 1 is 0.462 bits per heavy atom. The van der Waals surface area contributed by atoms with Gasteiger partial charge < -0.3 is 14.2 Å². The summed E-state index contributed by atoms with van der Waals surface area (Å²) in [5.74, 6) is 1.34. The van der Waals surface area contributed by atoms with Crippen molar-refractivity contribution < 1.29 is 4.74 Å². The normalized spacial score (nSPS) is 14.6. The zero-order valence-electron chi connectivity index (χ0n) is 44.7. The molecule has 13 aromatic carbocycles. The predicted molar refractivity (Wildman–Crippen MR) is 334 cm³/mol. The molecule has 1 aromatic heterocycles. The largest absolute Gasteiger partial charge is 0.468 e. The Morgan fingerprint density at radius 3 is 1.77 bits per heavy atom. The van der Waals surface area contributed by atoms with Gasteiger partial charge in [0.15, 0.2) is 5.75 Å². The highest BCUT2D eigenvalue weighted by Crippen LogP contribution is 2.53. The van der Waals surface area contributed by atoms with Gasteiger partial charge in [0, 0.05) is 56.3 Å². The first-order valence-corrected chi connectivity index (χ1v) is 27.7. The number of aryl methyl sites for hydroxylation is 2. The lowest BCUT2D eigenvalue weighted by Gasteiger charge is -2.31. The van der Waals surface area contributed by atoms with E-state index in [2.05, 4.69) is 268 Å². The van der Waals surface area contributed by atoms with E-state index >= 15 is 0 Å². The maximum atomic E-state index is 7.31. The molecule has 0 radical (unpaired) electrons. The zero-order valence-corrected chi connectivity index (χ0v) is 44.7. The van der Waals surface area contributed by atoms with Crippen LogP contribution in [0.5, 0.6) is 5.75 Å². The highest BCUT2D eigenvalue weighted by molar-refractivity contribution is 6.38. The molecule has 372 valence electrons. The van der Waals surface area contributed by atoms with Gasteiger partial charge in [0.25, 0.3) is 5.69 Å². The number of anilines is 3. The van der Waals surface area contributed by atoms with Crippen LogP contribution in [0, 0.1) is 13.8 Å². The minimum Gasteiger partial charge on any atom is -0.468 e. The van der Waals surface area contributed by atoms with Crippen molar-refractivity contribution in [3.8, 4) is 11.4 Å². The number of benzene rings is 13. The molecule has 16 rings (SSSR count). The molecule has 4 nitrogen and oxygen atoms in total. The molecule has 0 bridgehead atoms. The molecule has 0 N–H and O–H groups in total. The summed E-state index contributed by atoms with van der Waals surface area (Å²) >= 11 is 0. The van der Waals surface area contributed by atoms with Crippen molar-refractivity contribution in [2.75, 3.05) is 4.90 Å². The maximum Gasteiger partial charge on any atom is 0.255 e. The minimum atomic E-state index is -0.295. The van der Waals surface area contributed by atoms with Crippen LogP contribution in [0.2, 0.25) is 0 Å². The summed E-state index contributed by atoms with van der Waals surface area (Å²) in [6, 6.07) is 71.4. The van der Waals surface area contributed by atoms with Gasteiger partial charge in [0.1, 0.15) is 0 Å². The summed E-state index contributed by atoms with van der Waals surface area (Å²) in [4.78, 5) is 2.51. The molecule has 0 amide bonds. The molecule has 4 heteroatoms. The number of ether oxygens (including phenoxy) is 1. The first kappa shape index (κ1) is 45.0. The molecule has 14 aromatic rings. The smallest absolute Gasteiger partial charge is 0.255 e. The summed E-state index contributed by atoms with van der Waals surface area (Å²) < 4.78 is 12.4. The third-order valence-corrected chi connectivity index (χ3v) is 17.4. The van der Waals surface area contributed by atoms with E-state index in [1.165, 1.54) is 125 Å². The van der Waals surface area contributed by atoms with Crippen molar-refractivity contribution in [1.29, 1.82) is 0 Å². The number of para-hydroxylation sites is 1. The van der Waals surface area contributed by atoms with Crippen LogP contribution in [0.25, 0.3) is 103 Å². The molecule has 78 heavy (non-hydrogen) atoms. The highest BCUT2D eigenvalue weighted by Gasteiger charge is 2.40. The van der Waals surface area contributed by atoms with Crippen molar-refractivity contribution >= 4 is 131 Å². The molecule has 0 spiro atoms. The third-order valence-electron chi connectivity index (χ3n) is 17.4. The molecule has 1 aliphatic heterocycles. The molecular formula is C74H56N3O+. The quantitative estimate of drug-likeness (QED) is 0.0901. The third kappa shape index (κ3) is 6.32. The Hall–Kier alpha value is -9.25. The average molecular weight is 1000 g/mol. The SMILES string of the molecule is Cc1ccc(N(c2ccc(C)cc2)c2c(C(C)C)cc3ccc4c([N+]5=C6C=CC=CC6Oc6cc7c8c9cccc%10c%11cccc%12cccc(c(cc8n(-c8ccccc8)c7cc65)c%109)c%12%11)c(C(C)C)cc5ccc2c3c54)cc1. The van der Waals surface area contributed by atoms with Gasteiger partial charge in [-0.05, 0) is 163 Å². The molecule has 0 saturated heterocycles. The number of aromatic nitrogens is 1. The topological polar surface area (TPSA) is 20.4 Å². The van der Waals surface area contributed by atoms with Crippen molar-refractivity contribution in [2.45, 2.75) is 59.5 Å². The Kier molecular flexibility index (Phi) is 9.59. The second kappa shape index (κ2) is 16.6. The van der Waals surface area contributed by atoms with Gasteiger partial charge in [-0.25, -0.2) is 0 Å². The van der Waals surface area contributed by atoms with Crippen molar-refractivity contribution in [2.24, 2.45) is 0 Å². The standard InChI is InChI=1S/C74H56N3O/c1-42(2)58-37-47-30-36-57-70-48(29-35-56(69(47)70)73(58)75(50-31-25-44(5)26-32-50)51-33-27-45(6)28-34-51)38-59(43(3)4)74(57)77-62-23-10-11-24-66(62)78-67-40-61-63(41-64(67)77)76(49-17-8-7-9-18-49)65-39-60-54-20-13-16-46-15-12-19-52(68(46)54)53-21-14-22-55(71(53)60)72(61)65/h7-43,66H,1-6H3/q+1. The van der Waals surface area contributed by atoms with Crippen molar-refractivity contribution in [3.05, 3.63) is 235 Å². The second-order valence-corrected chi connectivity index (χ2v) is 22.7. The van der Waals surface area contributed by atoms with E-state index in [9.17, 15) is 0 Å². The van der Waals surface area contributed by atoms with E-state index in [-0.39, 0.29) is 17.9 Å². The van der Waals surface area contributed by atoms with Crippen LogP contribution < -0.4 is 14.2 Å². The fourth-order valence-corrected chi connectivity index (χ4v) is 13.8. The van der Waals surface area contributed by atoms with Crippen LogP contribution in [0.3, 0.4) is 0 Å². The van der Waals surface area contributed by atoms with Crippen LogP contribution in [0.15, 0.2) is 212 Å². The molecular weight excluding hydrogens is 947 g/mol. The van der Waals surface area contributed by atoms with E-state index < -0.39 is 0 Å². The Labute approximate surface area is 453 Å². The van der Waals surface area contributed by atoms with Gasteiger partial charge in [-0.15, -0.1) is 4.58 Å². The lowest BCUT2D eigenvalue weighted by atomic mass is 9.85. The zero-order chi connectivity index (χ0) is 52.2. The number of rotatable bonds is 7. The number of hydrogen-bond donors (Lipinski definition) is 0. The van der Waals surface area contributed by atoms with Gasteiger partial charge >= 0.3 is 0 Å². The summed E-state index contributed by atoms with van der Waals surface area (Å²) in [7, 11) is 0. The molecule has 0 saturated carbocycles. The number of fused-ring (bicyclic) bond motifs is 8. The summed E-state index contributed by atoms with van der Waals surface area (Å²) in [6.07, 6.45) is 8.51. The Balaban J connectivity index is 1.02. The average Bonchev–Trinajstić information content (AvgIpc) is 3.84. The van der Waals surface area contributed by atoms with Crippen molar-refractivity contribution in [1.82, 2.24) is 9.14 Å². The van der Waals surface area contributed by atoms with E-state index in [0.717, 1.165) is 39.7 Å². The monoisotopic (exact) mass is 1000 g/mol. The first-order chi connectivity index (χ1) is 38.2. The molecule has 2 aliphatic rings. The Bertz CT molecular complexity index is 4890. The van der Waals surface area contributed by atoms with Gasteiger partial charge in [-0.2, -0.15) is 0 Å². The molecule has 0 fully saturated rings. The summed E-state index contributed by atoms with van der Waals surface area (Å²) in [5, 5.41) is 20.3. The summed E-state index contributed by atoms with van der Waals surface area (Å²) in [5.41, 5.74) is 15.4. The number of allylic oxidation sites excluding steroid dienone is 2. The van der Waals surface area contributed by atoms with Crippen LogP contribution in [-0.2, 0) is 0 Å². The van der Waals surface area contributed by atoms with Gasteiger partial charge in [0.05, 0.1) is 22.1 Å². The van der Waals surface area contributed by atoms with E-state index in [1.807, 2.05) is 0 Å². The van der Waals surface area contributed by atoms with Crippen LogP contribution in [0.1, 0.15) is 61.8 Å². The van der Waals surface area contributed by atoms with E-state index in [0.29, 0.717) is 0 Å². The first-order valence-electron chi connectivity index (χ1n) is 27.7. The lowest BCUT2D eigenvalue weighted by molar-refractivity contribution is 0.304. The molecule has 2 heterocycles. The fourth-order valence-electron chi connectivity index (χ4n) is 13.8. The number of nitrogens with zero attached hydrogens (tertiary/aromatic N) is 3. The summed E-state index contributed by atoms with van der Waals surface area (Å²) in [6.45, 7) is 13.7. The lowest BCUT2D eigenvalue weighted by Crippen LogP contribution is -2.37. The maximum absolute atomic E-state index is 7.31. The fraction of sp³-hybridized carbons (Fsp3) is 0.122. The van der Waals surface area contributed by atoms with Crippen molar-refractivity contribution in [3.63, 3.8) is 0 Å². The van der Waals surface area contributed by atoms with Crippen LogP contribution >= 0.6 is 0 Å². The second-order valence-electron chi connectivity index (χ2n) is 22.7. The molecule has 1 aliphatic carbocycles. The Morgan fingerprint density at radius 2 is 1.08 bits per heavy atom. The molecule has 1 atom stereocenters. The van der Waals surface area contributed by atoms with Gasteiger partial charge in [-0.3, -0.25) is 0 Å². The predicted octanol–water partition coefficient (Wildman–Crippen LogP) is 20.2. The van der Waals surface area contributed by atoms with Crippen LogP contribution in [0.4, 0.5) is 28.4 Å². The number of hydrogen-bond acceptors (Lipinski definition) is 2. The van der Waals surface area contributed by atoms with Gasteiger partial charge in [-0.1, -0.05) is 166 Å². The highest BCUT2D eigenvalue weighted by atomic mass is 16.5. The minimum absolute atomic E-state index is 0.207. The molecule has 1 unspecified atom stereocenters. The van der Waals surface area contributed by atoms with E-state index in [1.54, 1.807) is 0 Å². The van der Waals surface area contributed by atoms with Gasteiger partial charge in [0.2, 0.25) is 17.5 Å².